The van der Waals surface area contributed by atoms with E-state index in [0.29, 0.717) is 37.6 Å². The molecule has 0 atom stereocenters. The second kappa shape index (κ2) is 8.18. The number of hydrogen-bond acceptors (Lipinski definition) is 4. The van der Waals surface area contributed by atoms with Gasteiger partial charge in [0.05, 0.1) is 17.6 Å². The van der Waals surface area contributed by atoms with E-state index in [2.05, 4.69) is 4.72 Å². The monoisotopic (exact) mass is 398 g/mol. The van der Waals surface area contributed by atoms with Crippen LogP contribution in [0.25, 0.3) is 0 Å². The Balaban J connectivity index is 1.48. The number of amides is 1. The average molecular weight is 398 g/mol. The van der Waals surface area contributed by atoms with E-state index in [1.54, 1.807) is 11.0 Å². The molecule has 6 nitrogen and oxygen atoms in total. The first-order chi connectivity index (χ1) is 12.8. The molecular weight excluding hydrogens is 378 g/mol. The molecule has 3 rings (SSSR count). The summed E-state index contributed by atoms with van der Waals surface area (Å²) in [6, 6.07) is 4.31. The van der Waals surface area contributed by atoms with Crippen LogP contribution in [0.4, 0.5) is 8.78 Å². The molecule has 0 aliphatic carbocycles. The second-order valence-corrected chi connectivity index (χ2v) is 8.44. The van der Waals surface area contributed by atoms with E-state index in [1.807, 2.05) is 0 Å². The summed E-state index contributed by atoms with van der Waals surface area (Å²) < 4.78 is 58.1. The smallest absolute Gasteiger partial charge is 0.257 e. The van der Waals surface area contributed by atoms with Crippen molar-refractivity contribution >= 4 is 15.9 Å². The van der Waals surface area contributed by atoms with Crippen molar-refractivity contribution in [1.29, 1.82) is 0 Å². The number of furan rings is 1. The van der Waals surface area contributed by atoms with Gasteiger partial charge in [-0.1, -0.05) is 0 Å². The number of nitrogens with zero attached hydrogens (tertiary/aromatic N) is 1. The largest absolute Gasteiger partial charge is 0.472 e. The van der Waals surface area contributed by atoms with E-state index in [0.717, 1.165) is 12.1 Å². The molecule has 2 aromatic rings. The number of nitrogens with one attached hydrogen (secondary N) is 1. The zero-order chi connectivity index (χ0) is 19.4. The minimum absolute atomic E-state index is 0.0560. The lowest BCUT2D eigenvalue weighted by molar-refractivity contribution is 0.0691. The first kappa shape index (κ1) is 19.5. The van der Waals surface area contributed by atoms with E-state index in [9.17, 15) is 22.0 Å². The molecule has 1 aliphatic rings. The Morgan fingerprint density at radius 1 is 1.19 bits per heavy atom. The molecule has 2 heterocycles. The van der Waals surface area contributed by atoms with Crippen LogP contribution >= 0.6 is 0 Å². The lowest BCUT2D eigenvalue weighted by atomic mass is 9.97. The summed E-state index contributed by atoms with van der Waals surface area (Å²) in [5.41, 5.74) is 0.553. The topological polar surface area (TPSA) is 79.6 Å². The van der Waals surface area contributed by atoms with Gasteiger partial charge in [-0.3, -0.25) is 4.79 Å². The number of piperidine rings is 1. The number of hydrogen-bond donors (Lipinski definition) is 1. The van der Waals surface area contributed by atoms with Gasteiger partial charge in [-0.25, -0.2) is 21.9 Å². The van der Waals surface area contributed by atoms with Crippen LogP contribution in [-0.4, -0.2) is 38.9 Å². The summed E-state index contributed by atoms with van der Waals surface area (Å²) in [6.07, 6.45) is 4.18. The molecule has 1 fully saturated rings. The molecule has 1 aromatic heterocycles. The molecule has 0 unspecified atom stereocenters. The van der Waals surface area contributed by atoms with E-state index in [1.165, 1.54) is 12.5 Å². The predicted octanol–water partition coefficient (Wildman–Crippen LogP) is 2.53. The Kier molecular flexibility index (Phi) is 5.91. The minimum atomic E-state index is -3.71. The van der Waals surface area contributed by atoms with Gasteiger partial charge in [-0.05, 0) is 42.5 Å². The van der Waals surface area contributed by atoms with Crippen molar-refractivity contribution in [3.8, 4) is 0 Å². The number of carbonyl (C=O) groups excluding carboxylic acids is 1. The van der Waals surface area contributed by atoms with Crippen molar-refractivity contribution in [2.45, 2.75) is 18.6 Å². The summed E-state index contributed by atoms with van der Waals surface area (Å²) in [6.45, 7) is 1.30. The normalized spacial score (nSPS) is 15.9. The Morgan fingerprint density at radius 3 is 2.44 bits per heavy atom. The van der Waals surface area contributed by atoms with Crippen LogP contribution in [0.5, 0.6) is 0 Å². The maximum absolute atomic E-state index is 13.2. The van der Waals surface area contributed by atoms with E-state index < -0.39 is 27.4 Å². The van der Waals surface area contributed by atoms with Gasteiger partial charge in [0.2, 0.25) is 10.0 Å². The van der Waals surface area contributed by atoms with Gasteiger partial charge in [-0.15, -0.1) is 0 Å². The molecular formula is C18H20F2N2O4S. The standard InChI is InChI=1S/C18H20F2N2O4S/c19-16-7-14(8-17(20)9-16)12-27(24,25)21-10-13-1-4-22(5-2-13)18(23)15-3-6-26-11-15/h3,6-9,11,13,21H,1-2,4-5,10,12H2. The summed E-state index contributed by atoms with van der Waals surface area (Å²) in [5, 5.41) is 0. The van der Waals surface area contributed by atoms with E-state index >= 15 is 0 Å². The van der Waals surface area contributed by atoms with Crippen molar-refractivity contribution in [3.05, 3.63) is 59.6 Å². The molecule has 0 saturated carbocycles. The van der Waals surface area contributed by atoms with Crippen LogP contribution in [0, 0.1) is 17.6 Å². The predicted molar refractivity (Wildman–Crippen MR) is 94.3 cm³/mol. The fourth-order valence-electron chi connectivity index (χ4n) is 3.12. The highest BCUT2D eigenvalue weighted by atomic mass is 32.2. The number of halogens is 2. The first-order valence-electron chi connectivity index (χ1n) is 8.56. The number of likely N-dealkylation sites (tertiary alicyclic amines) is 1. The van der Waals surface area contributed by atoms with Crippen molar-refractivity contribution < 1.29 is 26.4 Å². The number of sulfonamides is 1. The molecule has 27 heavy (non-hydrogen) atoms. The SMILES string of the molecule is O=C(c1ccoc1)N1CCC(CNS(=O)(=O)Cc2cc(F)cc(F)c2)CC1. The van der Waals surface area contributed by atoms with Gasteiger partial charge in [0.15, 0.2) is 0 Å². The van der Waals surface area contributed by atoms with Crippen LogP contribution in [0.1, 0.15) is 28.8 Å². The molecule has 1 aromatic carbocycles. The summed E-state index contributed by atoms with van der Waals surface area (Å²) >= 11 is 0. The van der Waals surface area contributed by atoms with Gasteiger partial charge < -0.3 is 9.32 Å². The molecule has 1 aliphatic heterocycles. The molecule has 146 valence electrons. The van der Waals surface area contributed by atoms with Gasteiger partial charge in [0, 0.05) is 25.7 Å². The molecule has 0 spiro atoms. The summed E-state index contributed by atoms with van der Waals surface area (Å²) in [4.78, 5) is 13.9. The van der Waals surface area contributed by atoms with Gasteiger partial charge in [0.25, 0.3) is 5.91 Å². The van der Waals surface area contributed by atoms with Gasteiger partial charge in [0.1, 0.15) is 17.9 Å². The number of benzene rings is 1. The van der Waals surface area contributed by atoms with Crippen molar-refractivity contribution in [2.24, 2.45) is 5.92 Å². The fraction of sp³-hybridized carbons (Fsp3) is 0.389. The van der Waals surface area contributed by atoms with Crippen LogP contribution in [0.3, 0.4) is 0 Å². The second-order valence-electron chi connectivity index (χ2n) is 6.63. The average Bonchev–Trinajstić information content (AvgIpc) is 3.13. The van der Waals surface area contributed by atoms with Crippen molar-refractivity contribution in [2.75, 3.05) is 19.6 Å². The molecule has 9 heteroatoms. The summed E-state index contributed by atoms with van der Waals surface area (Å²) in [5.74, 6) is -2.11. The highest BCUT2D eigenvalue weighted by Gasteiger charge is 2.25. The quantitative estimate of drug-likeness (QED) is 0.811. The van der Waals surface area contributed by atoms with Crippen LogP contribution < -0.4 is 4.72 Å². The van der Waals surface area contributed by atoms with Crippen LogP contribution in [0.2, 0.25) is 0 Å². The van der Waals surface area contributed by atoms with Crippen molar-refractivity contribution in [3.63, 3.8) is 0 Å². The number of rotatable bonds is 6. The third kappa shape index (κ3) is 5.36. The molecule has 0 bridgehead atoms. The Hall–Kier alpha value is -2.26. The van der Waals surface area contributed by atoms with E-state index in [-0.39, 0.29) is 23.9 Å². The third-order valence-corrected chi connectivity index (χ3v) is 5.86. The molecule has 0 radical (unpaired) electrons. The maximum Gasteiger partial charge on any atom is 0.257 e. The maximum atomic E-state index is 13.2. The number of carbonyl (C=O) groups is 1. The summed E-state index contributed by atoms with van der Waals surface area (Å²) in [7, 11) is -3.71. The fourth-order valence-corrected chi connectivity index (χ4v) is 4.32. The Labute approximate surface area is 156 Å². The Bertz CT molecular complexity index is 872. The highest BCUT2D eigenvalue weighted by Crippen LogP contribution is 2.19. The molecule has 1 N–H and O–H groups in total. The zero-order valence-electron chi connectivity index (χ0n) is 14.5. The molecule has 1 amide bonds. The lowest BCUT2D eigenvalue weighted by Gasteiger charge is -2.31. The minimum Gasteiger partial charge on any atom is -0.472 e. The van der Waals surface area contributed by atoms with Crippen molar-refractivity contribution in [1.82, 2.24) is 9.62 Å². The van der Waals surface area contributed by atoms with Gasteiger partial charge in [-0.2, -0.15) is 0 Å². The lowest BCUT2D eigenvalue weighted by Crippen LogP contribution is -2.41. The molecule has 1 saturated heterocycles. The third-order valence-electron chi connectivity index (χ3n) is 4.54. The highest BCUT2D eigenvalue weighted by molar-refractivity contribution is 7.88. The Morgan fingerprint density at radius 2 is 1.85 bits per heavy atom. The van der Waals surface area contributed by atoms with Crippen LogP contribution in [0.15, 0.2) is 41.2 Å². The first-order valence-corrected chi connectivity index (χ1v) is 10.2. The van der Waals surface area contributed by atoms with E-state index in [4.69, 9.17) is 4.42 Å². The van der Waals surface area contributed by atoms with Crippen LogP contribution in [-0.2, 0) is 15.8 Å². The zero-order valence-corrected chi connectivity index (χ0v) is 15.3. The van der Waals surface area contributed by atoms with Gasteiger partial charge >= 0.3 is 0 Å².